The summed E-state index contributed by atoms with van der Waals surface area (Å²) in [6.07, 6.45) is -0.0310. The van der Waals surface area contributed by atoms with Gasteiger partial charge in [-0.05, 0) is 12.5 Å². The van der Waals surface area contributed by atoms with Crippen LogP contribution in [-0.4, -0.2) is 28.4 Å². The lowest BCUT2D eigenvalue weighted by atomic mass is 10.1. The third-order valence-corrected chi connectivity index (χ3v) is 2.72. The van der Waals surface area contributed by atoms with E-state index in [9.17, 15) is 9.59 Å². The molecule has 0 spiro atoms. The van der Waals surface area contributed by atoms with Crippen LogP contribution in [0.4, 0.5) is 0 Å². The van der Waals surface area contributed by atoms with E-state index in [0.717, 1.165) is 5.56 Å². The van der Waals surface area contributed by atoms with E-state index in [-0.39, 0.29) is 24.9 Å². The maximum Gasteiger partial charge on any atom is 0.305 e. The predicted molar refractivity (Wildman–Crippen MR) is 64.5 cm³/mol. The van der Waals surface area contributed by atoms with Crippen molar-refractivity contribution in [3.05, 3.63) is 35.9 Å². The van der Waals surface area contributed by atoms with Crippen molar-refractivity contribution in [1.29, 1.82) is 0 Å². The number of carboxylic acid groups (broad SMARTS) is 1. The first-order valence-corrected chi connectivity index (χ1v) is 5.56. The molecule has 0 heterocycles. The molecule has 1 rings (SSSR count). The fraction of sp³-hybridized carbons (Fsp3) is 0.385. The van der Waals surface area contributed by atoms with Crippen molar-refractivity contribution in [1.82, 2.24) is 4.90 Å². The largest absolute Gasteiger partial charge is 0.481 e. The Morgan fingerprint density at radius 2 is 1.88 bits per heavy atom. The molecular weight excluding hydrogens is 218 g/mol. The molecule has 0 saturated heterocycles. The monoisotopic (exact) mass is 235 g/mol. The van der Waals surface area contributed by atoms with Crippen molar-refractivity contribution in [2.24, 2.45) is 0 Å². The number of carboxylic acids is 1. The number of hydrogen-bond acceptors (Lipinski definition) is 2. The minimum Gasteiger partial charge on any atom is -0.481 e. The molecule has 1 N–H and O–H groups in total. The lowest BCUT2D eigenvalue weighted by molar-refractivity contribution is -0.138. The van der Waals surface area contributed by atoms with Crippen LogP contribution in [-0.2, 0) is 9.59 Å². The normalized spacial score (nSPS) is 11.9. The van der Waals surface area contributed by atoms with Gasteiger partial charge in [0.2, 0.25) is 5.91 Å². The van der Waals surface area contributed by atoms with E-state index in [1.165, 1.54) is 6.92 Å². The Hall–Kier alpha value is -1.84. The fourth-order valence-corrected chi connectivity index (χ4v) is 1.75. The average Bonchev–Trinajstić information content (AvgIpc) is 2.29. The van der Waals surface area contributed by atoms with E-state index in [0.29, 0.717) is 0 Å². The van der Waals surface area contributed by atoms with Gasteiger partial charge in [0, 0.05) is 13.5 Å². The smallest absolute Gasteiger partial charge is 0.305 e. The van der Waals surface area contributed by atoms with Gasteiger partial charge >= 0.3 is 5.97 Å². The second-order valence-corrected chi connectivity index (χ2v) is 3.94. The molecule has 0 saturated carbocycles. The van der Waals surface area contributed by atoms with Crippen LogP contribution in [0.1, 0.15) is 31.9 Å². The Kier molecular flexibility index (Phi) is 4.69. The van der Waals surface area contributed by atoms with Gasteiger partial charge in [-0.3, -0.25) is 9.59 Å². The lowest BCUT2D eigenvalue weighted by Crippen LogP contribution is -2.33. The topological polar surface area (TPSA) is 57.6 Å². The fourth-order valence-electron chi connectivity index (χ4n) is 1.75. The minimum atomic E-state index is -0.892. The van der Waals surface area contributed by atoms with Gasteiger partial charge in [-0.15, -0.1) is 0 Å². The predicted octanol–water partition coefficient (Wildman–Crippen LogP) is 2.07. The van der Waals surface area contributed by atoms with Crippen LogP contribution in [0.5, 0.6) is 0 Å². The first-order chi connectivity index (χ1) is 8.02. The highest BCUT2D eigenvalue weighted by atomic mass is 16.4. The Bertz CT molecular complexity index is 389. The molecule has 4 heteroatoms. The van der Waals surface area contributed by atoms with Gasteiger partial charge in [-0.25, -0.2) is 0 Å². The van der Waals surface area contributed by atoms with Gasteiger partial charge in [0.1, 0.15) is 0 Å². The second kappa shape index (κ2) is 6.03. The van der Waals surface area contributed by atoms with Crippen molar-refractivity contribution in [3.8, 4) is 0 Å². The summed E-state index contributed by atoms with van der Waals surface area (Å²) in [5.41, 5.74) is 1.01. The van der Waals surface area contributed by atoms with E-state index in [1.807, 2.05) is 37.3 Å². The van der Waals surface area contributed by atoms with Gasteiger partial charge in [0.05, 0.1) is 12.5 Å². The molecule has 0 fully saturated rings. The van der Waals surface area contributed by atoms with Crippen LogP contribution in [0, 0.1) is 0 Å². The zero-order valence-corrected chi connectivity index (χ0v) is 10.1. The molecule has 0 aliphatic heterocycles. The van der Waals surface area contributed by atoms with E-state index in [2.05, 4.69) is 0 Å². The van der Waals surface area contributed by atoms with Crippen LogP contribution < -0.4 is 0 Å². The number of hydrogen-bond donors (Lipinski definition) is 1. The Morgan fingerprint density at radius 3 is 2.35 bits per heavy atom. The molecular formula is C13H17NO3. The summed E-state index contributed by atoms with van der Waals surface area (Å²) in [4.78, 5) is 23.6. The number of nitrogens with zero attached hydrogens (tertiary/aromatic N) is 1. The number of carbonyl (C=O) groups is 2. The number of benzene rings is 1. The maximum atomic E-state index is 11.5. The molecule has 1 aromatic rings. The Morgan fingerprint density at radius 1 is 1.29 bits per heavy atom. The molecule has 17 heavy (non-hydrogen) atoms. The maximum absolute atomic E-state index is 11.5. The summed E-state index contributed by atoms with van der Waals surface area (Å²) in [6.45, 7) is 3.60. The first kappa shape index (κ1) is 13.2. The van der Waals surface area contributed by atoms with Crippen molar-refractivity contribution in [2.45, 2.75) is 26.3 Å². The number of carbonyl (C=O) groups excluding carboxylic acids is 1. The van der Waals surface area contributed by atoms with Crippen LogP contribution in [0.15, 0.2) is 30.3 Å². The summed E-state index contributed by atoms with van der Waals surface area (Å²) in [5, 5.41) is 8.66. The average molecular weight is 235 g/mol. The van der Waals surface area contributed by atoms with Gasteiger partial charge in [-0.1, -0.05) is 30.3 Å². The van der Waals surface area contributed by atoms with E-state index in [1.54, 1.807) is 4.90 Å². The molecule has 1 unspecified atom stereocenters. The summed E-state index contributed by atoms with van der Waals surface area (Å²) >= 11 is 0. The van der Waals surface area contributed by atoms with Crippen LogP contribution in [0.3, 0.4) is 0 Å². The van der Waals surface area contributed by atoms with Crippen LogP contribution >= 0.6 is 0 Å². The lowest BCUT2D eigenvalue weighted by Gasteiger charge is -2.28. The van der Waals surface area contributed by atoms with Crippen molar-refractivity contribution in [2.75, 3.05) is 6.54 Å². The van der Waals surface area contributed by atoms with Gasteiger partial charge in [0.15, 0.2) is 0 Å². The molecule has 4 nitrogen and oxygen atoms in total. The molecule has 1 atom stereocenters. The van der Waals surface area contributed by atoms with Gasteiger partial charge < -0.3 is 10.0 Å². The Balaban J connectivity index is 2.77. The SMILES string of the molecule is CC(=O)N(CCC(=O)O)C(C)c1ccccc1. The van der Waals surface area contributed by atoms with Crippen molar-refractivity contribution in [3.63, 3.8) is 0 Å². The third-order valence-electron chi connectivity index (χ3n) is 2.72. The Labute approximate surface area is 101 Å². The molecule has 92 valence electrons. The van der Waals surface area contributed by atoms with Crippen LogP contribution in [0.25, 0.3) is 0 Å². The van der Waals surface area contributed by atoms with E-state index in [4.69, 9.17) is 5.11 Å². The highest BCUT2D eigenvalue weighted by Crippen LogP contribution is 2.20. The molecule has 0 bridgehead atoms. The number of amides is 1. The zero-order chi connectivity index (χ0) is 12.8. The van der Waals surface area contributed by atoms with Gasteiger partial charge in [0.25, 0.3) is 0 Å². The highest BCUT2D eigenvalue weighted by Gasteiger charge is 2.18. The van der Waals surface area contributed by atoms with Gasteiger partial charge in [-0.2, -0.15) is 0 Å². The third kappa shape index (κ3) is 3.90. The molecule has 0 aromatic heterocycles. The van der Waals surface area contributed by atoms with Crippen molar-refractivity contribution >= 4 is 11.9 Å². The molecule has 0 radical (unpaired) electrons. The number of aliphatic carboxylic acids is 1. The standard InChI is InChI=1S/C13H17NO3/c1-10(12-6-4-3-5-7-12)14(11(2)15)9-8-13(16)17/h3-7,10H,8-9H2,1-2H3,(H,16,17). The molecule has 1 aromatic carbocycles. The summed E-state index contributed by atoms with van der Waals surface area (Å²) in [7, 11) is 0. The second-order valence-electron chi connectivity index (χ2n) is 3.94. The minimum absolute atomic E-state index is 0.0310. The zero-order valence-electron chi connectivity index (χ0n) is 10.1. The molecule has 0 aliphatic rings. The van der Waals surface area contributed by atoms with E-state index >= 15 is 0 Å². The summed E-state index contributed by atoms with van der Waals surface area (Å²) in [6, 6.07) is 9.48. The summed E-state index contributed by atoms with van der Waals surface area (Å²) in [5.74, 6) is -1.00. The first-order valence-electron chi connectivity index (χ1n) is 5.56. The number of rotatable bonds is 5. The van der Waals surface area contributed by atoms with E-state index < -0.39 is 5.97 Å². The molecule has 1 amide bonds. The van der Waals surface area contributed by atoms with Crippen molar-refractivity contribution < 1.29 is 14.7 Å². The summed E-state index contributed by atoms with van der Waals surface area (Å²) < 4.78 is 0. The highest BCUT2D eigenvalue weighted by molar-refractivity contribution is 5.75. The van der Waals surface area contributed by atoms with Crippen LogP contribution in [0.2, 0.25) is 0 Å². The molecule has 0 aliphatic carbocycles. The quantitative estimate of drug-likeness (QED) is 0.850.